The zero-order chi connectivity index (χ0) is 20.6. The molecule has 0 aliphatic carbocycles. The Hall–Kier alpha value is -2.64. The first kappa shape index (κ1) is 21.1. The Balaban J connectivity index is 1.40. The van der Waals surface area contributed by atoms with Crippen LogP contribution in [0.4, 0.5) is 5.69 Å². The van der Waals surface area contributed by atoms with E-state index in [1.165, 1.54) is 0 Å². The van der Waals surface area contributed by atoms with Crippen LogP contribution in [0.3, 0.4) is 0 Å². The molecule has 3 rings (SSSR count). The molecule has 7 heteroatoms. The van der Waals surface area contributed by atoms with Gasteiger partial charge in [0.15, 0.2) is 0 Å². The van der Waals surface area contributed by atoms with Crippen LogP contribution in [0.15, 0.2) is 47.1 Å². The third kappa shape index (κ3) is 6.17. The molecule has 1 N–H and O–H groups in total. The maximum absolute atomic E-state index is 12.5. The number of carbonyl (C=O) groups is 2. The molecular formula is C22H30N4O3. The summed E-state index contributed by atoms with van der Waals surface area (Å²) in [5.74, 6) is 0.949. The number of likely N-dealkylation sites (N-methyl/N-ethyl adjacent to an activating group) is 1. The number of hydrogen-bond donors (Lipinski definition) is 1. The molecule has 2 aromatic rings. The standard InChI is InChI=1S/C22H30N4O3/c1-3-18-7-4-5-9-20(18)23-21(27)16-25-10-12-26(13-11-25)22(28)17-24(2)15-19-8-6-14-29-19/h4-9,14H,3,10-13,15-17H2,1-2H3,(H,23,27). The molecule has 0 spiro atoms. The van der Waals surface area contributed by atoms with Gasteiger partial charge in [-0.15, -0.1) is 0 Å². The number of anilines is 1. The number of carbonyl (C=O) groups excluding carboxylic acids is 2. The van der Waals surface area contributed by atoms with E-state index in [1.807, 2.05) is 53.2 Å². The molecule has 0 saturated carbocycles. The summed E-state index contributed by atoms with van der Waals surface area (Å²) >= 11 is 0. The van der Waals surface area contributed by atoms with Gasteiger partial charge in [0.2, 0.25) is 11.8 Å². The minimum atomic E-state index is -0.0103. The third-order valence-electron chi connectivity index (χ3n) is 5.18. The van der Waals surface area contributed by atoms with Crippen molar-refractivity contribution in [1.82, 2.24) is 14.7 Å². The minimum Gasteiger partial charge on any atom is -0.468 e. The lowest BCUT2D eigenvalue weighted by atomic mass is 10.1. The maximum Gasteiger partial charge on any atom is 0.238 e. The van der Waals surface area contributed by atoms with Gasteiger partial charge in [-0.1, -0.05) is 25.1 Å². The molecule has 0 unspecified atom stereocenters. The van der Waals surface area contributed by atoms with Crippen LogP contribution in [-0.4, -0.2) is 72.8 Å². The van der Waals surface area contributed by atoms with Crippen molar-refractivity contribution in [3.63, 3.8) is 0 Å². The molecule has 7 nitrogen and oxygen atoms in total. The molecule has 1 aliphatic rings. The summed E-state index contributed by atoms with van der Waals surface area (Å²) in [6, 6.07) is 11.6. The van der Waals surface area contributed by atoms with Crippen molar-refractivity contribution >= 4 is 17.5 Å². The van der Waals surface area contributed by atoms with Gasteiger partial charge in [0.05, 0.1) is 25.9 Å². The number of benzene rings is 1. The van der Waals surface area contributed by atoms with Crippen molar-refractivity contribution in [1.29, 1.82) is 0 Å². The Morgan fingerprint density at radius 1 is 1.10 bits per heavy atom. The van der Waals surface area contributed by atoms with Gasteiger partial charge in [0, 0.05) is 31.9 Å². The van der Waals surface area contributed by atoms with Gasteiger partial charge in [-0.25, -0.2) is 0 Å². The summed E-state index contributed by atoms with van der Waals surface area (Å²) < 4.78 is 5.33. The van der Waals surface area contributed by atoms with Gasteiger partial charge < -0.3 is 14.6 Å². The summed E-state index contributed by atoms with van der Waals surface area (Å²) in [5, 5.41) is 3.01. The van der Waals surface area contributed by atoms with Crippen LogP contribution in [0, 0.1) is 0 Å². The summed E-state index contributed by atoms with van der Waals surface area (Å²) in [7, 11) is 1.91. The van der Waals surface area contributed by atoms with Crippen LogP contribution >= 0.6 is 0 Å². The van der Waals surface area contributed by atoms with Gasteiger partial charge in [-0.2, -0.15) is 0 Å². The van der Waals surface area contributed by atoms with Crippen molar-refractivity contribution in [3.8, 4) is 0 Å². The van der Waals surface area contributed by atoms with Gasteiger partial charge >= 0.3 is 0 Å². The van der Waals surface area contributed by atoms with Gasteiger partial charge in [0.25, 0.3) is 0 Å². The van der Waals surface area contributed by atoms with E-state index in [1.54, 1.807) is 6.26 Å². The molecule has 0 radical (unpaired) electrons. The molecule has 1 aromatic heterocycles. The molecule has 1 fully saturated rings. The van der Waals surface area contributed by atoms with Crippen LogP contribution in [0.5, 0.6) is 0 Å². The van der Waals surface area contributed by atoms with Crippen LogP contribution in [0.25, 0.3) is 0 Å². The fourth-order valence-corrected chi connectivity index (χ4v) is 3.55. The van der Waals surface area contributed by atoms with Crippen molar-refractivity contribution in [2.45, 2.75) is 19.9 Å². The number of piperazine rings is 1. The highest BCUT2D eigenvalue weighted by Crippen LogP contribution is 2.15. The SMILES string of the molecule is CCc1ccccc1NC(=O)CN1CCN(C(=O)CN(C)Cc2ccco2)CC1. The second-order valence-corrected chi connectivity index (χ2v) is 7.47. The predicted octanol–water partition coefficient (Wildman–Crippen LogP) is 2.06. The van der Waals surface area contributed by atoms with Gasteiger partial charge in [-0.3, -0.25) is 19.4 Å². The first-order valence-electron chi connectivity index (χ1n) is 10.1. The first-order chi connectivity index (χ1) is 14.0. The lowest BCUT2D eigenvalue weighted by molar-refractivity contribution is -0.134. The number of nitrogens with zero attached hydrogens (tertiary/aromatic N) is 3. The highest BCUT2D eigenvalue weighted by Gasteiger charge is 2.23. The van der Waals surface area contributed by atoms with Crippen molar-refractivity contribution in [3.05, 3.63) is 54.0 Å². The van der Waals surface area contributed by atoms with Crippen molar-refractivity contribution < 1.29 is 14.0 Å². The average Bonchev–Trinajstić information content (AvgIpc) is 3.21. The molecule has 2 heterocycles. The van der Waals surface area contributed by atoms with E-state index < -0.39 is 0 Å². The molecule has 2 amide bonds. The van der Waals surface area contributed by atoms with Crippen molar-refractivity contribution in [2.75, 3.05) is 51.6 Å². The van der Waals surface area contributed by atoms with E-state index in [-0.39, 0.29) is 11.8 Å². The summed E-state index contributed by atoms with van der Waals surface area (Å²) in [5.41, 5.74) is 2.02. The molecule has 1 aliphatic heterocycles. The highest BCUT2D eigenvalue weighted by atomic mass is 16.3. The second kappa shape index (κ2) is 10.2. The Morgan fingerprint density at radius 2 is 1.86 bits per heavy atom. The van der Waals surface area contributed by atoms with E-state index >= 15 is 0 Å². The molecule has 0 bridgehead atoms. The number of aryl methyl sites for hydroxylation is 1. The summed E-state index contributed by atoms with van der Waals surface area (Å²) in [4.78, 5) is 30.9. The molecule has 1 aromatic carbocycles. The number of nitrogens with one attached hydrogen (secondary N) is 1. The highest BCUT2D eigenvalue weighted by molar-refractivity contribution is 5.93. The molecule has 0 atom stereocenters. The Labute approximate surface area is 172 Å². The smallest absolute Gasteiger partial charge is 0.238 e. The van der Waals surface area contributed by atoms with E-state index in [0.29, 0.717) is 45.8 Å². The van der Waals surface area contributed by atoms with Gasteiger partial charge in [-0.05, 0) is 37.2 Å². The van der Waals surface area contributed by atoms with E-state index in [9.17, 15) is 9.59 Å². The maximum atomic E-state index is 12.5. The molecule has 1 saturated heterocycles. The quantitative estimate of drug-likeness (QED) is 0.737. The molecule has 29 heavy (non-hydrogen) atoms. The zero-order valence-electron chi connectivity index (χ0n) is 17.3. The summed E-state index contributed by atoms with van der Waals surface area (Å²) in [6.45, 7) is 6.09. The third-order valence-corrected chi connectivity index (χ3v) is 5.18. The van der Waals surface area contributed by atoms with Crippen LogP contribution in [0.1, 0.15) is 18.2 Å². The van der Waals surface area contributed by atoms with Crippen LogP contribution < -0.4 is 5.32 Å². The fraction of sp³-hybridized carbons (Fsp3) is 0.455. The van der Waals surface area contributed by atoms with E-state index in [4.69, 9.17) is 4.42 Å². The predicted molar refractivity (Wildman–Crippen MR) is 113 cm³/mol. The average molecular weight is 399 g/mol. The Kier molecular flexibility index (Phi) is 7.43. The lowest BCUT2D eigenvalue weighted by Crippen LogP contribution is -2.52. The van der Waals surface area contributed by atoms with E-state index in [2.05, 4.69) is 17.1 Å². The topological polar surface area (TPSA) is 69.0 Å². The number of para-hydroxylation sites is 1. The lowest BCUT2D eigenvalue weighted by Gasteiger charge is -2.35. The van der Waals surface area contributed by atoms with Crippen molar-refractivity contribution in [2.24, 2.45) is 0 Å². The number of amides is 2. The van der Waals surface area contributed by atoms with Gasteiger partial charge in [0.1, 0.15) is 5.76 Å². The monoisotopic (exact) mass is 398 g/mol. The number of rotatable bonds is 8. The number of furan rings is 1. The second-order valence-electron chi connectivity index (χ2n) is 7.47. The minimum absolute atomic E-state index is 0.0103. The van der Waals surface area contributed by atoms with Crippen LogP contribution in [0.2, 0.25) is 0 Å². The van der Waals surface area contributed by atoms with E-state index in [0.717, 1.165) is 23.4 Å². The summed E-state index contributed by atoms with van der Waals surface area (Å²) in [6.07, 6.45) is 2.52. The number of hydrogen-bond acceptors (Lipinski definition) is 5. The Bertz CT molecular complexity index is 798. The Morgan fingerprint density at radius 3 is 2.55 bits per heavy atom. The first-order valence-corrected chi connectivity index (χ1v) is 10.1. The fourth-order valence-electron chi connectivity index (χ4n) is 3.55. The largest absolute Gasteiger partial charge is 0.468 e. The van der Waals surface area contributed by atoms with Crippen LogP contribution in [-0.2, 0) is 22.6 Å². The zero-order valence-corrected chi connectivity index (χ0v) is 17.3. The normalized spacial score (nSPS) is 14.9. The molecular weight excluding hydrogens is 368 g/mol. The molecule has 156 valence electrons.